The Balaban J connectivity index is 1.57. The first-order chi connectivity index (χ1) is 16.5. The largest absolute Gasteiger partial charge is 0.504 e. The number of carbonyl (C=O) groups excluding carboxylic acids is 1. The predicted octanol–water partition coefficient (Wildman–Crippen LogP) is 1.48. The summed E-state index contributed by atoms with van der Waals surface area (Å²) in [5.74, 6) is -0.178. The van der Waals surface area contributed by atoms with Gasteiger partial charge in [-0.2, -0.15) is 9.78 Å². The average molecular weight is 470 g/mol. The van der Waals surface area contributed by atoms with Crippen LogP contribution >= 0.6 is 0 Å². The van der Waals surface area contributed by atoms with Crippen molar-refractivity contribution in [1.82, 2.24) is 35.6 Å². The highest BCUT2D eigenvalue weighted by molar-refractivity contribution is 5.94. The van der Waals surface area contributed by atoms with E-state index in [0.717, 1.165) is 12.8 Å². The summed E-state index contributed by atoms with van der Waals surface area (Å²) in [6, 6.07) is 5.33. The summed E-state index contributed by atoms with van der Waals surface area (Å²) in [5, 5.41) is 29.6. The molecular formula is C21H27N9O4. The van der Waals surface area contributed by atoms with Crippen LogP contribution in [0.4, 0.5) is 5.82 Å². The Morgan fingerprint density at radius 2 is 2.18 bits per heavy atom. The number of nitrogens with two attached hydrogens (primary N) is 1. The first-order valence-corrected chi connectivity index (χ1v) is 10.9. The number of hydrogen-bond donors (Lipinski definition) is 3. The normalized spacial score (nSPS) is 14.7. The molecule has 0 saturated heterocycles. The zero-order chi connectivity index (χ0) is 24.1. The molecule has 13 heteroatoms. The quantitative estimate of drug-likeness (QED) is 0.324. The molecule has 0 radical (unpaired) electrons. The molecule has 4 N–H and O–H groups in total. The number of carbonyl (C=O) groups is 1. The van der Waals surface area contributed by atoms with Crippen LogP contribution in [-0.2, 0) is 6.54 Å². The van der Waals surface area contributed by atoms with Gasteiger partial charge in [-0.05, 0) is 42.3 Å². The van der Waals surface area contributed by atoms with Gasteiger partial charge in [0.1, 0.15) is 0 Å². The second-order valence-electron chi connectivity index (χ2n) is 8.07. The number of nitrogens with one attached hydrogen (secondary N) is 1. The SMILES string of the molecule is COc1cccc(C=NNC(=O)c2nnn(-c3nonc3N)c2CN(C)C2CCCCC2)c1O. The summed E-state index contributed by atoms with van der Waals surface area (Å²) in [6.45, 7) is 0.382. The van der Waals surface area contributed by atoms with E-state index >= 15 is 0 Å². The molecule has 0 bridgehead atoms. The lowest BCUT2D eigenvalue weighted by Gasteiger charge is -2.31. The van der Waals surface area contributed by atoms with E-state index in [-0.39, 0.29) is 23.1 Å². The molecule has 180 valence electrons. The van der Waals surface area contributed by atoms with Gasteiger partial charge in [0.2, 0.25) is 11.6 Å². The molecule has 1 aliphatic carbocycles. The molecule has 0 spiro atoms. The van der Waals surface area contributed by atoms with Crippen LogP contribution in [0.25, 0.3) is 5.82 Å². The molecule has 2 heterocycles. The van der Waals surface area contributed by atoms with Crippen molar-refractivity contribution in [3.63, 3.8) is 0 Å². The van der Waals surface area contributed by atoms with E-state index in [1.165, 1.54) is 37.3 Å². The van der Waals surface area contributed by atoms with E-state index in [2.05, 4.69) is 36.1 Å². The minimum absolute atomic E-state index is 0.0324. The number of hydrazone groups is 1. The molecule has 0 aliphatic heterocycles. The molecule has 34 heavy (non-hydrogen) atoms. The van der Waals surface area contributed by atoms with Crippen molar-refractivity contribution < 1.29 is 19.3 Å². The van der Waals surface area contributed by atoms with Crippen molar-refractivity contribution in [2.45, 2.75) is 44.7 Å². The van der Waals surface area contributed by atoms with E-state index in [1.807, 2.05) is 7.05 Å². The minimum Gasteiger partial charge on any atom is -0.504 e. The Bertz CT molecular complexity index is 1170. The maximum atomic E-state index is 13.0. The Morgan fingerprint density at radius 1 is 1.38 bits per heavy atom. The highest BCUT2D eigenvalue weighted by atomic mass is 16.6. The number of ether oxygens (including phenoxy) is 1. The fourth-order valence-electron chi connectivity index (χ4n) is 4.04. The Morgan fingerprint density at radius 3 is 2.88 bits per heavy atom. The van der Waals surface area contributed by atoms with Crippen molar-refractivity contribution in [2.75, 3.05) is 19.9 Å². The van der Waals surface area contributed by atoms with Crippen molar-refractivity contribution >= 4 is 17.9 Å². The number of rotatable bonds is 8. The van der Waals surface area contributed by atoms with Gasteiger partial charge in [0.15, 0.2) is 17.2 Å². The van der Waals surface area contributed by atoms with Gasteiger partial charge >= 0.3 is 0 Å². The van der Waals surface area contributed by atoms with Gasteiger partial charge in [0.05, 0.1) is 19.0 Å². The molecule has 0 unspecified atom stereocenters. The number of amides is 1. The maximum Gasteiger partial charge on any atom is 0.293 e. The Kier molecular flexibility index (Phi) is 7.01. The number of para-hydroxylation sites is 1. The first kappa shape index (κ1) is 23.2. The van der Waals surface area contributed by atoms with Crippen molar-refractivity contribution in [1.29, 1.82) is 0 Å². The van der Waals surface area contributed by atoms with Gasteiger partial charge in [0.25, 0.3) is 5.91 Å². The lowest BCUT2D eigenvalue weighted by molar-refractivity contribution is 0.0947. The zero-order valence-corrected chi connectivity index (χ0v) is 19.0. The molecule has 1 fully saturated rings. The van der Waals surface area contributed by atoms with E-state index in [1.54, 1.807) is 18.2 Å². The summed E-state index contributed by atoms with van der Waals surface area (Å²) >= 11 is 0. The standard InChI is InChI=1S/C21H27N9O4/c1-29(14-8-4-3-5-9-14)12-15-17(24-28-30(15)20-19(22)26-34-27-20)21(32)25-23-11-13-7-6-10-16(33-2)18(13)31/h6-7,10-11,14,31H,3-5,8-9,12H2,1-2H3,(H2,22,26)(H,25,32). The van der Waals surface area contributed by atoms with Gasteiger partial charge in [-0.25, -0.2) is 10.1 Å². The zero-order valence-electron chi connectivity index (χ0n) is 19.0. The molecule has 13 nitrogen and oxygen atoms in total. The molecule has 1 saturated carbocycles. The summed E-state index contributed by atoms with van der Waals surface area (Å²) in [7, 11) is 3.45. The second-order valence-corrected chi connectivity index (χ2v) is 8.07. The molecule has 0 atom stereocenters. The fraction of sp³-hybridized carbons (Fsp3) is 0.429. The van der Waals surface area contributed by atoms with Crippen LogP contribution in [0, 0.1) is 0 Å². The topological polar surface area (TPSA) is 170 Å². The summed E-state index contributed by atoms with van der Waals surface area (Å²) in [4.78, 5) is 15.1. The molecule has 4 rings (SSSR count). The number of anilines is 1. The number of phenolic OH excluding ortho intramolecular Hbond substituents is 1. The van der Waals surface area contributed by atoms with E-state index in [4.69, 9.17) is 15.1 Å². The van der Waals surface area contributed by atoms with Crippen LogP contribution in [0.15, 0.2) is 27.9 Å². The van der Waals surface area contributed by atoms with Crippen molar-refractivity contribution in [3.8, 4) is 17.3 Å². The first-order valence-electron chi connectivity index (χ1n) is 10.9. The van der Waals surface area contributed by atoms with Gasteiger partial charge in [-0.3, -0.25) is 9.69 Å². The Labute approximate surface area is 195 Å². The molecule has 1 aromatic carbocycles. The van der Waals surface area contributed by atoms with Crippen LogP contribution in [0.1, 0.15) is 53.8 Å². The fourth-order valence-corrected chi connectivity index (χ4v) is 4.04. The van der Waals surface area contributed by atoms with Crippen molar-refractivity contribution in [2.24, 2.45) is 5.10 Å². The number of benzene rings is 1. The summed E-state index contributed by atoms with van der Waals surface area (Å²) < 4.78 is 11.1. The summed E-state index contributed by atoms with van der Waals surface area (Å²) in [5.41, 5.74) is 9.21. The number of aromatic nitrogens is 5. The van der Waals surface area contributed by atoms with Gasteiger partial charge in [-0.1, -0.05) is 30.5 Å². The van der Waals surface area contributed by atoms with Crippen molar-refractivity contribution in [3.05, 3.63) is 35.2 Å². The monoisotopic (exact) mass is 469 g/mol. The third-order valence-corrected chi connectivity index (χ3v) is 5.89. The number of methoxy groups -OCH3 is 1. The highest BCUT2D eigenvalue weighted by Crippen LogP contribution is 2.28. The van der Waals surface area contributed by atoms with Crippen LogP contribution in [0.3, 0.4) is 0 Å². The lowest BCUT2D eigenvalue weighted by atomic mass is 9.94. The van der Waals surface area contributed by atoms with Crippen LogP contribution in [0.2, 0.25) is 0 Å². The molecule has 2 aromatic heterocycles. The van der Waals surface area contributed by atoms with Gasteiger partial charge in [-0.15, -0.1) is 5.10 Å². The van der Waals surface area contributed by atoms with Crippen LogP contribution in [0.5, 0.6) is 11.5 Å². The lowest BCUT2D eigenvalue weighted by Crippen LogP contribution is -2.34. The maximum absolute atomic E-state index is 13.0. The number of hydrogen-bond acceptors (Lipinski definition) is 11. The average Bonchev–Trinajstić information content (AvgIpc) is 3.46. The van der Waals surface area contributed by atoms with Crippen LogP contribution in [-0.4, -0.2) is 67.6 Å². The number of phenols is 1. The molecular weight excluding hydrogens is 442 g/mol. The third-order valence-electron chi connectivity index (χ3n) is 5.89. The molecule has 1 amide bonds. The van der Waals surface area contributed by atoms with E-state index in [0.29, 0.717) is 29.6 Å². The van der Waals surface area contributed by atoms with Gasteiger partial charge < -0.3 is 15.6 Å². The second kappa shape index (κ2) is 10.3. The Hall–Kier alpha value is -4.00. The summed E-state index contributed by atoms with van der Waals surface area (Å²) in [6.07, 6.45) is 7.06. The third kappa shape index (κ3) is 4.83. The van der Waals surface area contributed by atoms with Gasteiger partial charge in [0, 0.05) is 18.2 Å². The minimum atomic E-state index is -0.577. The number of nitrogens with zero attached hydrogens (tertiary/aromatic N) is 7. The van der Waals surface area contributed by atoms with Crippen LogP contribution < -0.4 is 15.9 Å². The van der Waals surface area contributed by atoms with E-state index < -0.39 is 5.91 Å². The van der Waals surface area contributed by atoms with E-state index in [9.17, 15) is 9.90 Å². The number of nitrogen functional groups attached to an aromatic ring is 1. The highest BCUT2D eigenvalue weighted by Gasteiger charge is 2.27. The smallest absolute Gasteiger partial charge is 0.293 e. The molecule has 3 aromatic rings. The predicted molar refractivity (Wildman–Crippen MR) is 122 cm³/mol. The molecule has 1 aliphatic rings. The number of aromatic hydroxyl groups is 1.